The molecule has 1 atom stereocenters. The molecule has 0 amide bonds. The van der Waals surface area contributed by atoms with E-state index < -0.39 is 0 Å². The predicted molar refractivity (Wildman–Crippen MR) is 114 cm³/mol. The van der Waals surface area contributed by atoms with Gasteiger partial charge in [0.2, 0.25) is 0 Å². The van der Waals surface area contributed by atoms with Gasteiger partial charge in [-0.2, -0.15) is 0 Å². The molecule has 0 aliphatic carbocycles. The van der Waals surface area contributed by atoms with Crippen LogP contribution in [0, 0.1) is 6.92 Å². The molecule has 4 rings (SSSR count). The zero-order valence-corrected chi connectivity index (χ0v) is 16.8. The molecule has 0 spiro atoms. The first-order valence-corrected chi connectivity index (χ1v) is 9.92. The Bertz CT molecular complexity index is 1070. The van der Waals surface area contributed by atoms with E-state index in [2.05, 4.69) is 31.7 Å². The lowest BCUT2D eigenvalue weighted by atomic mass is 10.1. The fraction of sp³-hybridized carbons (Fsp3) is 0.364. The summed E-state index contributed by atoms with van der Waals surface area (Å²) in [6, 6.07) is 7.96. The Balaban J connectivity index is 1.38. The molecule has 1 fully saturated rings. The molecule has 7 heteroatoms. The van der Waals surface area contributed by atoms with Crippen LogP contribution in [-0.2, 0) is 6.42 Å². The number of anilines is 1. The quantitative estimate of drug-likeness (QED) is 0.672. The normalized spacial score (nSPS) is 16.1. The number of carbonyl (C=O) groups is 1. The van der Waals surface area contributed by atoms with Gasteiger partial charge in [0.05, 0.1) is 22.9 Å². The van der Waals surface area contributed by atoms with E-state index in [0.29, 0.717) is 17.3 Å². The molecule has 150 valence electrons. The van der Waals surface area contributed by atoms with Gasteiger partial charge in [-0.15, -0.1) is 0 Å². The Morgan fingerprint density at radius 3 is 2.62 bits per heavy atom. The zero-order valence-electron chi connectivity index (χ0n) is 16.8. The van der Waals surface area contributed by atoms with Gasteiger partial charge in [-0.1, -0.05) is 0 Å². The Labute approximate surface area is 169 Å². The highest BCUT2D eigenvalue weighted by atomic mass is 16.1. The van der Waals surface area contributed by atoms with Gasteiger partial charge >= 0.3 is 0 Å². The first-order valence-electron chi connectivity index (χ1n) is 9.92. The number of hydrogen-bond donors (Lipinski definition) is 1. The van der Waals surface area contributed by atoms with Crippen LogP contribution in [0.15, 0.2) is 41.5 Å². The van der Waals surface area contributed by atoms with Gasteiger partial charge in [0.1, 0.15) is 5.69 Å². The van der Waals surface area contributed by atoms with Crippen molar-refractivity contribution in [2.75, 3.05) is 31.1 Å². The number of rotatable bonds is 5. The number of nitrogens with one attached hydrogen (secondary N) is 1. The maximum absolute atomic E-state index is 11.9. The fourth-order valence-electron chi connectivity index (χ4n) is 3.88. The Morgan fingerprint density at radius 1 is 1.14 bits per heavy atom. The summed E-state index contributed by atoms with van der Waals surface area (Å²) >= 11 is 0. The summed E-state index contributed by atoms with van der Waals surface area (Å²) in [5, 5.41) is 0. The number of fused-ring (bicyclic) bond motifs is 1. The van der Waals surface area contributed by atoms with Crippen LogP contribution in [0.3, 0.4) is 0 Å². The number of aromatic nitrogens is 3. The summed E-state index contributed by atoms with van der Waals surface area (Å²) in [5.74, 6) is 0. The fourth-order valence-corrected chi connectivity index (χ4v) is 3.88. The third-order valence-corrected chi connectivity index (χ3v) is 5.66. The number of pyridine rings is 3. The molecular formula is C22H25N5O2. The van der Waals surface area contributed by atoms with E-state index in [1.807, 2.05) is 24.4 Å². The third-order valence-electron chi connectivity index (χ3n) is 5.66. The standard InChI is InChI=1S/C22H25N5O2/c1-15-9-20-21(25-22(15)29)11-17(12-24-20)10-16(2)26-5-7-27(8-6-26)19-4-3-18(14-28)23-13-19/h3-4,9,11-14,16H,5-8,10H2,1-2H3,(H,25,29)/t16-/m1/s1. The summed E-state index contributed by atoms with van der Waals surface area (Å²) in [4.78, 5) is 39.0. The highest BCUT2D eigenvalue weighted by Gasteiger charge is 2.22. The lowest BCUT2D eigenvalue weighted by molar-refractivity contribution is 0.111. The van der Waals surface area contributed by atoms with Crippen LogP contribution < -0.4 is 10.5 Å². The number of aromatic amines is 1. The minimum Gasteiger partial charge on any atom is -0.368 e. The van der Waals surface area contributed by atoms with Crippen LogP contribution in [0.2, 0.25) is 0 Å². The van der Waals surface area contributed by atoms with Crippen LogP contribution in [-0.4, -0.2) is 58.4 Å². The first kappa shape index (κ1) is 19.3. The number of H-pyrrole nitrogens is 1. The van der Waals surface area contributed by atoms with E-state index in [1.165, 1.54) is 0 Å². The highest BCUT2D eigenvalue weighted by molar-refractivity contribution is 5.74. The lowest BCUT2D eigenvalue weighted by Gasteiger charge is -2.39. The van der Waals surface area contributed by atoms with Crippen LogP contribution >= 0.6 is 0 Å². The van der Waals surface area contributed by atoms with Gasteiger partial charge in [0.25, 0.3) is 5.56 Å². The topological polar surface area (TPSA) is 82.2 Å². The predicted octanol–water partition coefficient (Wildman–Crippen LogP) is 2.19. The SMILES string of the molecule is Cc1cc2ncc(C[C@@H](C)N3CCN(c4ccc(C=O)nc4)CC3)cc2[nH]c1=O. The summed E-state index contributed by atoms with van der Waals surface area (Å²) in [6.45, 7) is 7.81. The Kier molecular flexibility index (Phi) is 5.40. The van der Waals surface area contributed by atoms with Crippen LogP contribution in [0.25, 0.3) is 11.0 Å². The monoisotopic (exact) mass is 391 g/mol. The van der Waals surface area contributed by atoms with E-state index in [4.69, 9.17) is 0 Å². The Morgan fingerprint density at radius 2 is 1.93 bits per heavy atom. The molecule has 1 aliphatic rings. The molecule has 0 aromatic carbocycles. The van der Waals surface area contributed by atoms with Crippen molar-refractivity contribution in [3.05, 3.63) is 63.8 Å². The van der Waals surface area contributed by atoms with Crippen LogP contribution in [0.4, 0.5) is 5.69 Å². The van der Waals surface area contributed by atoms with Crippen LogP contribution in [0.5, 0.6) is 0 Å². The lowest BCUT2D eigenvalue weighted by Crippen LogP contribution is -2.50. The van der Waals surface area contributed by atoms with E-state index in [-0.39, 0.29) is 5.56 Å². The molecule has 0 radical (unpaired) electrons. The number of piperazine rings is 1. The number of carbonyl (C=O) groups excluding carboxylic acids is 1. The molecule has 0 saturated carbocycles. The van der Waals surface area contributed by atoms with Gasteiger partial charge in [-0.25, -0.2) is 0 Å². The zero-order chi connectivity index (χ0) is 20.4. The van der Waals surface area contributed by atoms with Crippen molar-refractivity contribution in [3.8, 4) is 0 Å². The van der Waals surface area contributed by atoms with Gasteiger partial charge in [-0.3, -0.25) is 24.5 Å². The van der Waals surface area contributed by atoms with E-state index in [0.717, 1.165) is 61.2 Å². The molecule has 7 nitrogen and oxygen atoms in total. The second-order valence-corrected chi connectivity index (χ2v) is 7.69. The van der Waals surface area contributed by atoms with Gasteiger partial charge in [0, 0.05) is 44.0 Å². The minimum atomic E-state index is -0.0590. The minimum absolute atomic E-state index is 0.0590. The molecule has 1 saturated heterocycles. The largest absolute Gasteiger partial charge is 0.368 e. The molecule has 1 aliphatic heterocycles. The van der Waals surface area contributed by atoms with Gasteiger partial charge in [0.15, 0.2) is 6.29 Å². The molecule has 3 aromatic heterocycles. The van der Waals surface area contributed by atoms with Crippen molar-refractivity contribution in [3.63, 3.8) is 0 Å². The summed E-state index contributed by atoms with van der Waals surface area (Å²) in [6.07, 6.45) is 5.33. The maximum Gasteiger partial charge on any atom is 0.251 e. The van der Waals surface area contributed by atoms with Gasteiger partial charge < -0.3 is 9.88 Å². The molecule has 4 heterocycles. The van der Waals surface area contributed by atoms with Gasteiger partial charge in [-0.05, 0) is 50.1 Å². The van der Waals surface area contributed by atoms with Crippen molar-refractivity contribution in [1.29, 1.82) is 0 Å². The molecule has 29 heavy (non-hydrogen) atoms. The smallest absolute Gasteiger partial charge is 0.251 e. The number of nitrogens with zero attached hydrogens (tertiary/aromatic N) is 4. The molecule has 0 bridgehead atoms. The van der Waals surface area contributed by atoms with Crippen molar-refractivity contribution < 1.29 is 4.79 Å². The maximum atomic E-state index is 11.9. The number of aryl methyl sites for hydroxylation is 1. The van der Waals surface area contributed by atoms with E-state index in [1.54, 1.807) is 19.2 Å². The average Bonchev–Trinajstić information content (AvgIpc) is 2.75. The number of hydrogen-bond acceptors (Lipinski definition) is 6. The van der Waals surface area contributed by atoms with Crippen molar-refractivity contribution in [2.24, 2.45) is 0 Å². The molecular weight excluding hydrogens is 366 g/mol. The summed E-state index contributed by atoms with van der Waals surface area (Å²) in [5.41, 5.74) is 4.88. The second-order valence-electron chi connectivity index (χ2n) is 7.69. The van der Waals surface area contributed by atoms with E-state index >= 15 is 0 Å². The van der Waals surface area contributed by atoms with Crippen molar-refractivity contribution in [2.45, 2.75) is 26.3 Å². The van der Waals surface area contributed by atoms with Crippen LogP contribution in [0.1, 0.15) is 28.5 Å². The molecule has 1 N–H and O–H groups in total. The molecule has 3 aromatic rings. The first-order chi connectivity index (χ1) is 14.0. The highest BCUT2D eigenvalue weighted by Crippen LogP contribution is 2.18. The third kappa shape index (κ3) is 4.19. The second kappa shape index (κ2) is 8.13. The number of aldehydes is 1. The van der Waals surface area contributed by atoms with E-state index in [9.17, 15) is 9.59 Å². The summed E-state index contributed by atoms with van der Waals surface area (Å²) in [7, 11) is 0. The van der Waals surface area contributed by atoms with Crippen molar-refractivity contribution >= 4 is 23.0 Å². The van der Waals surface area contributed by atoms with Crippen molar-refractivity contribution in [1.82, 2.24) is 19.9 Å². The Hall–Kier alpha value is -3.06. The summed E-state index contributed by atoms with van der Waals surface area (Å²) < 4.78 is 0. The average molecular weight is 391 g/mol. The molecule has 0 unspecified atom stereocenters.